The first-order valence-electron chi connectivity index (χ1n) is 6.30. The number of hydrogen-bond donors (Lipinski definition) is 2. The number of aromatic nitrogens is 1. The Hall–Kier alpha value is -3.08. The summed E-state index contributed by atoms with van der Waals surface area (Å²) in [7, 11) is 0. The molecule has 0 aliphatic heterocycles. The molecule has 0 fully saturated rings. The lowest BCUT2D eigenvalue weighted by atomic mass is 10.1. The fourth-order valence-corrected chi connectivity index (χ4v) is 2.05. The summed E-state index contributed by atoms with van der Waals surface area (Å²) in [6.07, 6.45) is 1.37. The number of pyridine rings is 1. The zero-order valence-corrected chi connectivity index (χ0v) is 11.0. The van der Waals surface area contributed by atoms with E-state index in [0.717, 1.165) is 0 Å². The molecule has 104 valence electrons. The van der Waals surface area contributed by atoms with Crippen molar-refractivity contribution < 1.29 is 14.6 Å². The van der Waals surface area contributed by atoms with Gasteiger partial charge in [0.1, 0.15) is 5.56 Å². The molecule has 0 saturated heterocycles. The van der Waals surface area contributed by atoms with Crippen LogP contribution in [0, 0.1) is 0 Å². The van der Waals surface area contributed by atoms with Crippen molar-refractivity contribution in [1.82, 2.24) is 4.98 Å². The van der Waals surface area contributed by atoms with Crippen LogP contribution in [0.2, 0.25) is 0 Å². The molecule has 2 aromatic carbocycles. The number of amides is 1. The van der Waals surface area contributed by atoms with Crippen LogP contribution in [0.25, 0.3) is 10.9 Å². The highest BCUT2D eigenvalue weighted by atomic mass is 16.5. The average Bonchev–Trinajstić information content (AvgIpc) is 2.49. The molecule has 1 amide bonds. The van der Waals surface area contributed by atoms with Crippen molar-refractivity contribution in [2.75, 3.05) is 0 Å². The fraction of sp³-hybridized carbons (Fsp3) is 0. The molecule has 0 aliphatic carbocycles. The third kappa shape index (κ3) is 2.36. The van der Waals surface area contributed by atoms with Gasteiger partial charge in [-0.25, -0.2) is 0 Å². The minimum Gasteiger partial charge on any atom is -0.504 e. The number of carbonyl (C=O) groups excluding carboxylic acids is 1. The molecule has 3 aromatic rings. The first-order valence-corrected chi connectivity index (χ1v) is 6.30. The van der Waals surface area contributed by atoms with E-state index in [1.165, 1.54) is 12.3 Å². The van der Waals surface area contributed by atoms with E-state index in [0.29, 0.717) is 10.9 Å². The number of aromatic hydroxyl groups is 1. The fourth-order valence-electron chi connectivity index (χ4n) is 2.05. The second-order valence-electron chi connectivity index (χ2n) is 4.45. The molecule has 1 heterocycles. The molecular formula is C16H12N2O3. The van der Waals surface area contributed by atoms with E-state index in [4.69, 9.17) is 10.5 Å². The number of carbonyl (C=O) groups is 1. The van der Waals surface area contributed by atoms with Gasteiger partial charge in [0.2, 0.25) is 0 Å². The maximum Gasteiger partial charge on any atom is 0.254 e. The molecule has 0 saturated carbocycles. The Balaban J connectivity index is 2.21. The van der Waals surface area contributed by atoms with Crippen molar-refractivity contribution in [2.24, 2.45) is 5.73 Å². The van der Waals surface area contributed by atoms with Crippen LogP contribution in [-0.2, 0) is 0 Å². The topological polar surface area (TPSA) is 85.4 Å². The van der Waals surface area contributed by atoms with Crippen LogP contribution < -0.4 is 10.5 Å². The van der Waals surface area contributed by atoms with Crippen LogP contribution in [-0.4, -0.2) is 16.0 Å². The van der Waals surface area contributed by atoms with Gasteiger partial charge in [0.15, 0.2) is 17.2 Å². The van der Waals surface area contributed by atoms with E-state index in [-0.39, 0.29) is 22.8 Å². The SMILES string of the molecule is NC(=O)c1cnc2ccccc2c1Oc1ccccc1O. The summed E-state index contributed by atoms with van der Waals surface area (Å²) in [6.45, 7) is 0. The van der Waals surface area contributed by atoms with E-state index in [1.807, 2.05) is 12.1 Å². The summed E-state index contributed by atoms with van der Waals surface area (Å²) >= 11 is 0. The summed E-state index contributed by atoms with van der Waals surface area (Å²) in [5, 5.41) is 10.5. The number of phenolic OH excluding ortho intramolecular Hbond substituents is 1. The van der Waals surface area contributed by atoms with Crippen LogP contribution in [0.3, 0.4) is 0 Å². The maximum atomic E-state index is 11.6. The third-order valence-electron chi connectivity index (χ3n) is 3.07. The summed E-state index contributed by atoms with van der Waals surface area (Å²) in [5.74, 6) is -0.126. The van der Waals surface area contributed by atoms with Gasteiger partial charge >= 0.3 is 0 Å². The largest absolute Gasteiger partial charge is 0.504 e. The van der Waals surface area contributed by atoms with E-state index in [1.54, 1.807) is 30.3 Å². The normalized spacial score (nSPS) is 10.5. The van der Waals surface area contributed by atoms with Gasteiger partial charge in [-0.05, 0) is 24.3 Å². The Morgan fingerprint density at radius 2 is 1.81 bits per heavy atom. The van der Waals surface area contributed by atoms with E-state index < -0.39 is 5.91 Å². The van der Waals surface area contributed by atoms with Crippen LogP contribution in [0.5, 0.6) is 17.2 Å². The van der Waals surface area contributed by atoms with Crippen molar-refractivity contribution in [1.29, 1.82) is 0 Å². The van der Waals surface area contributed by atoms with Gasteiger partial charge in [-0.1, -0.05) is 24.3 Å². The van der Waals surface area contributed by atoms with Crippen molar-refractivity contribution >= 4 is 16.8 Å². The third-order valence-corrected chi connectivity index (χ3v) is 3.07. The predicted octanol–water partition coefficient (Wildman–Crippen LogP) is 2.83. The molecule has 0 spiro atoms. The summed E-state index contributed by atoms with van der Waals surface area (Å²) in [6, 6.07) is 13.7. The Labute approximate surface area is 120 Å². The summed E-state index contributed by atoms with van der Waals surface area (Å²) in [4.78, 5) is 15.8. The van der Waals surface area contributed by atoms with Gasteiger partial charge in [-0.15, -0.1) is 0 Å². The number of hydrogen-bond acceptors (Lipinski definition) is 4. The molecule has 0 unspecified atom stereocenters. The highest BCUT2D eigenvalue weighted by Gasteiger charge is 2.16. The van der Waals surface area contributed by atoms with E-state index in [9.17, 15) is 9.90 Å². The van der Waals surface area contributed by atoms with Crippen LogP contribution in [0.1, 0.15) is 10.4 Å². The average molecular weight is 280 g/mol. The minimum absolute atomic E-state index is 0.0196. The number of phenols is 1. The lowest BCUT2D eigenvalue weighted by Gasteiger charge is -2.12. The van der Waals surface area contributed by atoms with Gasteiger partial charge < -0.3 is 15.6 Å². The molecule has 0 radical (unpaired) electrons. The van der Waals surface area contributed by atoms with Gasteiger partial charge in [-0.2, -0.15) is 0 Å². The Morgan fingerprint density at radius 3 is 2.57 bits per heavy atom. The van der Waals surface area contributed by atoms with E-state index >= 15 is 0 Å². The zero-order valence-electron chi connectivity index (χ0n) is 11.0. The van der Waals surface area contributed by atoms with Crippen molar-refractivity contribution in [3.63, 3.8) is 0 Å². The Bertz CT molecular complexity index is 831. The van der Waals surface area contributed by atoms with Gasteiger partial charge in [-0.3, -0.25) is 9.78 Å². The van der Waals surface area contributed by atoms with Crippen molar-refractivity contribution in [3.8, 4) is 17.2 Å². The highest BCUT2D eigenvalue weighted by Crippen LogP contribution is 2.35. The summed E-state index contributed by atoms with van der Waals surface area (Å²) < 4.78 is 5.72. The van der Waals surface area contributed by atoms with Gasteiger partial charge in [0.05, 0.1) is 5.52 Å². The van der Waals surface area contributed by atoms with Crippen LogP contribution >= 0.6 is 0 Å². The number of rotatable bonds is 3. The first-order chi connectivity index (χ1) is 10.2. The lowest BCUT2D eigenvalue weighted by Crippen LogP contribution is -2.13. The molecule has 5 heteroatoms. The number of nitrogens with two attached hydrogens (primary N) is 1. The number of para-hydroxylation sites is 3. The molecule has 21 heavy (non-hydrogen) atoms. The van der Waals surface area contributed by atoms with Gasteiger partial charge in [0, 0.05) is 11.6 Å². The lowest BCUT2D eigenvalue weighted by molar-refractivity contribution is 0.0998. The van der Waals surface area contributed by atoms with Crippen LogP contribution in [0.4, 0.5) is 0 Å². The molecule has 3 rings (SSSR count). The minimum atomic E-state index is -0.640. The smallest absolute Gasteiger partial charge is 0.254 e. The molecular weight excluding hydrogens is 268 g/mol. The number of nitrogens with zero attached hydrogens (tertiary/aromatic N) is 1. The first kappa shape index (κ1) is 12.9. The van der Waals surface area contributed by atoms with E-state index in [2.05, 4.69) is 4.98 Å². The standard InChI is InChI=1S/C16H12N2O3/c17-16(20)11-9-18-12-6-2-1-5-10(12)15(11)21-14-8-4-3-7-13(14)19/h1-9,19H,(H2,17,20). The molecule has 1 aromatic heterocycles. The number of ether oxygens (including phenoxy) is 1. The number of primary amides is 1. The quantitative estimate of drug-likeness (QED) is 0.772. The Morgan fingerprint density at radius 1 is 1.10 bits per heavy atom. The second kappa shape index (κ2) is 5.13. The van der Waals surface area contributed by atoms with Crippen molar-refractivity contribution in [3.05, 3.63) is 60.3 Å². The number of benzene rings is 2. The highest BCUT2D eigenvalue weighted by molar-refractivity contribution is 6.01. The molecule has 5 nitrogen and oxygen atoms in total. The molecule has 3 N–H and O–H groups in total. The molecule has 0 aliphatic rings. The van der Waals surface area contributed by atoms with Crippen LogP contribution in [0.15, 0.2) is 54.7 Å². The zero-order chi connectivity index (χ0) is 14.8. The Kier molecular flexibility index (Phi) is 3.16. The van der Waals surface area contributed by atoms with Crippen molar-refractivity contribution in [2.45, 2.75) is 0 Å². The number of fused-ring (bicyclic) bond motifs is 1. The maximum absolute atomic E-state index is 11.6. The predicted molar refractivity (Wildman–Crippen MR) is 78.4 cm³/mol. The molecule has 0 atom stereocenters. The monoisotopic (exact) mass is 280 g/mol. The molecule has 0 bridgehead atoms. The van der Waals surface area contributed by atoms with Gasteiger partial charge in [0.25, 0.3) is 5.91 Å². The second-order valence-corrected chi connectivity index (χ2v) is 4.45. The summed E-state index contributed by atoms with van der Waals surface area (Å²) in [5.41, 5.74) is 6.21.